The molecule has 5 nitrogen and oxygen atoms in total. The molecule has 2 rings (SSSR count). The molecule has 0 aliphatic rings. The van der Waals surface area contributed by atoms with Crippen molar-refractivity contribution >= 4 is 22.9 Å². The van der Waals surface area contributed by atoms with Crippen molar-refractivity contribution in [1.29, 1.82) is 0 Å². The van der Waals surface area contributed by atoms with Gasteiger partial charge in [0.1, 0.15) is 11.5 Å². The molecule has 21 heavy (non-hydrogen) atoms. The third-order valence-electron chi connectivity index (χ3n) is 3.10. The molecule has 3 N–H and O–H groups in total. The topological polar surface area (TPSA) is 73.6 Å². The Balaban J connectivity index is 2.07. The Bertz CT molecular complexity index is 612. The molecule has 0 unspecified atom stereocenters. The van der Waals surface area contributed by atoms with Crippen molar-refractivity contribution in [3.05, 3.63) is 40.1 Å². The molecule has 0 atom stereocenters. The summed E-state index contributed by atoms with van der Waals surface area (Å²) in [5.41, 5.74) is 7.82. The van der Waals surface area contributed by atoms with E-state index in [9.17, 15) is 4.79 Å². The van der Waals surface area contributed by atoms with Crippen LogP contribution < -0.4 is 20.5 Å². The van der Waals surface area contributed by atoms with Crippen molar-refractivity contribution in [3.8, 4) is 11.5 Å². The first-order chi connectivity index (χ1) is 10.2. The summed E-state index contributed by atoms with van der Waals surface area (Å²) in [4.78, 5) is 12.2. The number of thiophene rings is 1. The molecule has 0 radical (unpaired) electrons. The summed E-state index contributed by atoms with van der Waals surface area (Å²) in [6, 6.07) is 5.30. The second-order valence-electron chi connectivity index (χ2n) is 4.43. The average molecular weight is 306 g/mol. The zero-order chi connectivity index (χ0) is 15.2. The van der Waals surface area contributed by atoms with Gasteiger partial charge in [0.2, 0.25) is 0 Å². The van der Waals surface area contributed by atoms with E-state index in [4.69, 9.17) is 15.2 Å². The van der Waals surface area contributed by atoms with Gasteiger partial charge in [0.15, 0.2) is 0 Å². The molecule has 1 amide bonds. The molecule has 0 saturated heterocycles. The fraction of sp³-hybridized carbons (Fsp3) is 0.267. The molecular formula is C15H18N2O3S. The highest BCUT2D eigenvalue weighted by Gasteiger charge is 2.15. The van der Waals surface area contributed by atoms with Crippen LogP contribution in [0.3, 0.4) is 0 Å². The quantitative estimate of drug-likeness (QED) is 0.803. The molecule has 1 aromatic heterocycles. The third-order valence-corrected chi connectivity index (χ3v) is 3.83. The number of ether oxygens (including phenoxy) is 2. The number of carbonyl (C=O) groups is 1. The highest BCUT2D eigenvalue weighted by molar-refractivity contribution is 7.07. The summed E-state index contributed by atoms with van der Waals surface area (Å²) in [6.45, 7) is 0.550. The lowest BCUT2D eigenvalue weighted by Gasteiger charge is -2.12. The maximum absolute atomic E-state index is 12.2. The van der Waals surface area contributed by atoms with Crippen LogP contribution in [0.1, 0.15) is 15.9 Å². The lowest BCUT2D eigenvalue weighted by Crippen LogP contribution is -2.26. The molecule has 1 heterocycles. The predicted molar refractivity (Wildman–Crippen MR) is 84.3 cm³/mol. The van der Waals surface area contributed by atoms with Crippen LogP contribution in [-0.4, -0.2) is 26.7 Å². The van der Waals surface area contributed by atoms with Crippen LogP contribution in [0.4, 0.5) is 5.69 Å². The van der Waals surface area contributed by atoms with Gasteiger partial charge < -0.3 is 20.5 Å². The summed E-state index contributed by atoms with van der Waals surface area (Å²) < 4.78 is 10.3. The van der Waals surface area contributed by atoms with Gasteiger partial charge >= 0.3 is 0 Å². The Hall–Kier alpha value is -2.21. The normalized spacial score (nSPS) is 10.2. The van der Waals surface area contributed by atoms with Gasteiger partial charge in [-0.1, -0.05) is 0 Å². The molecule has 0 aliphatic heterocycles. The second-order valence-corrected chi connectivity index (χ2v) is 5.21. The minimum absolute atomic E-state index is 0.236. The lowest BCUT2D eigenvalue weighted by molar-refractivity contribution is 0.0954. The summed E-state index contributed by atoms with van der Waals surface area (Å²) in [5.74, 6) is 0.723. The number of carbonyl (C=O) groups excluding carboxylic acids is 1. The Labute approximate surface area is 127 Å². The number of amides is 1. The van der Waals surface area contributed by atoms with Crippen molar-refractivity contribution in [2.45, 2.75) is 6.42 Å². The Kier molecular flexibility index (Phi) is 5.05. The molecule has 1 aromatic carbocycles. The number of benzene rings is 1. The first-order valence-electron chi connectivity index (χ1n) is 6.46. The smallest absolute Gasteiger partial charge is 0.253 e. The van der Waals surface area contributed by atoms with E-state index in [0.717, 1.165) is 6.42 Å². The highest BCUT2D eigenvalue weighted by Crippen LogP contribution is 2.30. The van der Waals surface area contributed by atoms with Crippen LogP contribution in [-0.2, 0) is 6.42 Å². The van der Waals surface area contributed by atoms with Crippen LogP contribution in [0.5, 0.6) is 11.5 Å². The van der Waals surface area contributed by atoms with Crippen LogP contribution >= 0.6 is 11.3 Å². The molecule has 6 heteroatoms. The van der Waals surface area contributed by atoms with Gasteiger partial charge in [0.25, 0.3) is 5.91 Å². The number of anilines is 1. The second kappa shape index (κ2) is 6.99. The van der Waals surface area contributed by atoms with Gasteiger partial charge in [0.05, 0.1) is 25.5 Å². The van der Waals surface area contributed by atoms with E-state index < -0.39 is 0 Å². The number of nitrogens with two attached hydrogens (primary N) is 1. The molecule has 2 aromatic rings. The standard InChI is InChI=1S/C15H18N2O3S/c1-19-11-7-12(14(16)13(8-11)20-2)15(18)17-5-3-10-4-6-21-9-10/h4,6-9H,3,5,16H2,1-2H3,(H,17,18). The number of nitrogens with one attached hydrogen (secondary N) is 1. The average Bonchev–Trinajstić information content (AvgIpc) is 3.00. The molecular weight excluding hydrogens is 288 g/mol. The minimum Gasteiger partial charge on any atom is -0.497 e. The van der Waals surface area contributed by atoms with E-state index in [0.29, 0.717) is 29.3 Å². The van der Waals surface area contributed by atoms with E-state index in [1.807, 2.05) is 11.4 Å². The van der Waals surface area contributed by atoms with Crippen molar-refractivity contribution in [3.63, 3.8) is 0 Å². The lowest BCUT2D eigenvalue weighted by atomic mass is 10.1. The van der Waals surface area contributed by atoms with Crippen LogP contribution in [0.15, 0.2) is 29.0 Å². The van der Waals surface area contributed by atoms with Gasteiger partial charge in [-0.2, -0.15) is 11.3 Å². The Morgan fingerprint density at radius 3 is 2.76 bits per heavy atom. The Morgan fingerprint density at radius 2 is 2.14 bits per heavy atom. The predicted octanol–water partition coefficient (Wildman–Crippen LogP) is 2.32. The number of hydrogen-bond acceptors (Lipinski definition) is 5. The Morgan fingerprint density at radius 1 is 1.33 bits per heavy atom. The van der Waals surface area contributed by atoms with E-state index in [2.05, 4.69) is 10.7 Å². The van der Waals surface area contributed by atoms with E-state index in [1.165, 1.54) is 19.8 Å². The largest absolute Gasteiger partial charge is 0.497 e. The summed E-state index contributed by atoms with van der Waals surface area (Å²) >= 11 is 1.64. The van der Waals surface area contributed by atoms with Crippen LogP contribution in [0.2, 0.25) is 0 Å². The monoisotopic (exact) mass is 306 g/mol. The van der Waals surface area contributed by atoms with Gasteiger partial charge in [-0.25, -0.2) is 0 Å². The fourth-order valence-electron chi connectivity index (χ4n) is 1.93. The molecule has 0 aliphatic carbocycles. The number of nitrogen functional groups attached to an aromatic ring is 1. The van der Waals surface area contributed by atoms with E-state index in [-0.39, 0.29) is 5.91 Å². The van der Waals surface area contributed by atoms with Crippen LogP contribution in [0.25, 0.3) is 0 Å². The zero-order valence-electron chi connectivity index (χ0n) is 12.0. The summed E-state index contributed by atoms with van der Waals surface area (Å²) in [5, 5.41) is 6.94. The number of rotatable bonds is 6. The molecule has 112 valence electrons. The van der Waals surface area contributed by atoms with Gasteiger partial charge in [0, 0.05) is 12.6 Å². The highest BCUT2D eigenvalue weighted by atomic mass is 32.1. The fourth-order valence-corrected chi connectivity index (χ4v) is 2.63. The van der Waals surface area contributed by atoms with Gasteiger partial charge in [-0.05, 0) is 34.9 Å². The van der Waals surface area contributed by atoms with Crippen LogP contribution in [0, 0.1) is 0 Å². The van der Waals surface area contributed by atoms with E-state index >= 15 is 0 Å². The van der Waals surface area contributed by atoms with Gasteiger partial charge in [-0.15, -0.1) is 0 Å². The molecule has 0 spiro atoms. The van der Waals surface area contributed by atoms with E-state index in [1.54, 1.807) is 23.5 Å². The number of methoxy groups -OCH3 is 2. The number of hydrogen-bond donors (Lipinski definition) is 2. The van der Waals surface area contributed by atoms with Crippen molar-refractivity contribution in [2.24, 2.45) is 0 Å². The minimum atomic E-state index is -0.236. The third kappa shape index (κ3) is 3.66. The molecule has 0 saturated carbocycles. The first kappa shape index (κ1) is 15.2. The molecule has 0 bridgehead atoms. The first-order valence-corrected chi connectivity index (χ1v) is 7.40. The zero-order valence-corrected chi connectivity index (χ0v) is 12.8. The summed E-state index contributed by atoms with van der Waals surface area (Å²) in [7, 11) is 3.03. The van der Waals surface area contributed by atoms with Gasteiger partial charge in [-0.3, -0.25) is 4.79 Å². The maximum Gasteiger partial charge on any atom is 0.253 e. The van der Waals surface area contributed by atoms with Crippen molar-refractivity contribution in [2.75, 3.05) is 26.5 Å². The summed E-state index contributed by atoms with van der Waals surface area (Å²) in [6.07, 6.45) is 0.788. The SMILES string of the molecule is COc1cc(OC)c(N)c(C(=O)NCCc2ccsc2)c1. The van der Waals surface area contributed by atoms with Crippen molar-refractivity contribution < 1.29 is 14.3 Å². The molecule has 0 fully saturated rings. The van der Waals surface area contributed by atoms with Crippen molar-refractivity contribution in [1.82, 2.24) is 5.32 Å². The maximum atomic E-state index is 12.2.